The Hall–Kier alpha value is -1.34. The highest BCUT2D eigenvalue weighted by atomic mass is 16.6. The lowest BCUT2D eigenvalue weighted by Gasteiger charge is -2.19. The normalized spacial score (nSPS) is 12.4. The molecule has 0 aromatic rings. The largest absolute Gasteiger partial charge is 0.462 e. The number of nitrogens with one attached hydrogen (secondary N) is 2. The second-order valence-electron chi connectivity index (χ2n) is 13.5. The van der Waals surface area contributed by atoms with Crippen LogP contribution in [0, 0.1) is 0 Å². The molecule has 0 fully saturated rings. The van der Waals surface area contributed by atoms with E-state index in [1.54, 1.807) is 0 Å². The van der Waals surface area contributed by atoms with Crippen LogP contribution in [-0.2, 0) is 14.3 Å². The number of carbonyl (C=O) groups excluding carboxylic acids is 2. The number of hydrogen-bond donors (Lipinski definition) is 3. The van der Waals surface area contributed by atoms with E-state index in [1.807, 2.05) is 20.8 Å². The van der Waals surface area contributed by atoms with Crippen molar-refractivity contribution >= 4 is 12.1 Å². The van der Waals surface area contributed by atoms with E-state index in [9.17, 15) is 14.7 Å². The quantitative estimate of drug-likeness (QED) is 0.0552. The van der Waals surface area contributed by atoms with Gasteiger partial charge in [-0.25, -0.2) is 4.79 Å². The van der Waals surface area contributed by atoms with Crippen molar-refractivity contribution in [2.24, 2.45) is 0 Å². The van der Waals surface area contributed by atoms with Gasteiger partial charge in [-0.15, -0.1) is 0 Å². The molecule has 0 aliphatic rings. The Morgan fingerprint density at radius 2 is 1.14 bits per heavy atom. The lowest BCUT2D eigenvalue weighted by molar-refractivity contribution is -0.150. The second kappa shape index (κ2) is 29.4. The van der Waals surface area contributed by atoms with Crippen LogP contribution in [0.15, 0.2) is 0 Å². The van der Waals surface area contributed by atoms with E-state index in [-0.39, 0.29) is 24.3 Å². The van der Waals surface area contributed by atoms with Gasteiger partial charge in [0.05, 0.1) is 6.10 Å². The Balaban J connectivity index is 3.84. The summed E-state index contributed by atoms with van der Waals surface area (Å²) in [4.78, 5) is 24.2. The zero-order valence-electron chi connectivity index (χ0n) is 29.1. The molecule has 0 saturated carbocycles. The summed E-state index contributed by atoms with van der Waals surface area (Å²) in [6.45, 7) is 12.1. The van der Waals surface area contributed by atoms with Gasteiger partial charge in [-0.3, -0.25) is 4.79 Å². The molecule has 0 aromatic carbocycles. The molecule has 0 aliphatic carbocycles. The fourth-order valence-corrected chi connectivity index (χ4v) is 5.24. The second-order valence-corrected chi connectivity index (χ2v) is 13.5. The Morgan fingerprint density at radius 1 is 0.651 bits per heavy atom. The molecule has 1 amide bonds. The molecule has 0 aromatic heterocycles. The molecule has 0 radical (unpaired) electrons. The van der Waals surface area contributed by atoms with Crippen LogP contribution < -0.4 is 10.6 Å². The average Bonchev–Trinajstić information content (AvgIpc) is 2.94. The van der Waals surface area contributed by atoms with Crippen molar-refractivity contribution in [1.82, 2.24) is 10.6 Å². The average molecular weight is 613 g/mol. The first-order valence-electron chi connectivity index (χ1n) is 18.2. The molecule has 1 unspecified atom stereocenters. The molecule has 0 aliphatic heterocycles. The summed E-state index contributed by atoms with van der Waals surface area (Å²) >= 11 is 0. The molecule has 3 N–H and O–H groups in total. The molecule has 0 bridgehead atoms. The first kappa shape index (κ1) is 41.7. The van der Waals surface area contributed by atoms with Gasteiger partial charge in [0, 0.05) is 19.5 Å². The molecule has 256 valence electrons. The summed E-state index contributed by atoms with van der Waals surface area (Å²) in [6, 6.07) is 0. The minimum atomic E-state index is -0.483. The first-order chi connectivity index (χ1) is 20.7. The number of carbonyl (C=O) groups is 2. The van der Waals surface area contributed by atoms with Gasteiger partial charge in [0.15, 0.2) is 0 Å². The number of rotatable bonds is 30. The van der Waals surface area contributed by atoms with Crippen LogP contribution in [0.5, 0.6) is 0 Å². The fourth-order valence-electron chi connectivity index (χ4n) is 5.24. The van der Waals surface area contributed by atoms with Crippen molar-refractivity contribution in [3.05, 3.63) is 0 Å². The topological polar surface area (TPSA) is 96.9 Å². The van der Waals surface area contributed by atoms with E-state index >= 15 is 0 Å². The minimum absolute atomic E-state index is 0.00163. The molecule has 1 atom stereocenters. The lowest BCUT2D eigenvalue weighted by Crippen LogP contribution is -2.33. The van der Waals surface area contributed by atoms with Gasteiger partial charge in [-0.1, -0.05) is 97.3 Å². The third-order valence-corrected chi connectivity index (χ3v) is 7.80. The summed E-state index contributed by atoms with van der Waals surface area (Å²) in [6.07, 6.45) is 25.0. The highest BCUT2D eigenvalue weighted by molar-refractivity contribution is 5.69. The van der Waals surface area contributed by atoms with Crippen molar-refractivity contribution in [2.45, 2.75) is 200 Å². The molecular formula is C36H72N2O5. The SMILES string of the molecule is CCCCCCCCC(CCCCCCCC)OC(=O)CCCCCCCNCC(O)CCCCNC(=O)OC(C)(C)C. The van der Waals surface area contributed by atoms with Gasteiger partial charge in [0.1, 0.15) is 11.7 Å². The van der Waals surface area contributed by atoms with Crippen LogP contribution in [0.2, 0.25) is 0 Å². The zero-order chi connectivity index (χ0) is 32.0. The Bertz CT molecular complexity index is 622. The molecule has 43 heavy (non-hydrogen) atoms. The van der Waals surface area contributed by atoms with Gasteiger partial charge in [0.2, 0.25) is 0 Å². The molecule has 7 heteroatoms. The fraction of sp³-hybridized carbons (Fsp3) is 0.944. The van der Waals surface area contributed by atoms with Crippen molar-refractivity contribution < 1.29 is 24.2 Å². The van der Waals surface area contributed by atoms with Crippen molar-refractivity contribution in [3.8, 4) is 0 Å². The molecule has 0 rings (SSSR count). The third kappa shape index (κ3) is 31.9. The number of hydrogen-bond acceptors (Lipinski definition) is 6. The molecule has 0 heterocycles. The number of amides is 1. The predicted molar refractivity (Wildman–Crippen MR) is 181 cm³/mol. The third-order valence-electron chi connectivity index (χ3n) is 7.80. The molecule has 7 nitrogen and oxygen atoms in total. The minimum Gasteiger partial charge on any atom is -0.462 e. The van der Waals surface area contributed by atoms with E-state index in [0.717, 1.165) is 70.8 Å². The highest BCUT2D eigenvalue weighted by Crippen LogP contribution is 2.18. The monoisotopic (exact) mass is 613 g/mol. The van der Waals surface area contributed by atoms with Gasteiger partial charge in [-0.05, 0) is 85.1 Å². The van der Waals surface area contributed by atoms with E-state index in [1.165, 1.54) is 77.0 Å². The summed E-state index contributed by atoms with van der Waals surface area (Å²) in [5.41, 5.74) is -0.483. The van der Waals surface area contributed by atoms with Gasteiger partial charge < -0.3 is 25.2 Å². The van der Waals surface area contributed by atoms with E-state index in [0.29, 0.717) is 19.5 Å². The van der Waals surface area contributed by atoms with E-state index < -0.39 is 5.60 Å². The molecular weight excluding hydrogens is 540 g/mol. The summed E-state index contributed by atoms with van der Waals surface area (Å²) in [7, 11) is 0. The first-order valence-corrected chi connectivity index (χ1v) is 18.2. The van der Waals surface area contributed by atoms with Crippen LogP contribution in [0.3, 0.4) is 0 Å². The smallest absolute Gasteiger partial charge is 0.407 e. The maximum atomic E-state index is 12.6. The van der Waals surface area contributed by atoms with Crippen molar-refractivity contribution in [3.63, 3.8) is 0 Å². The Labute approximate surface area is 266 Å². The standard InChI is InChI=1S/C36H72N2O5/c1-6-8-10-12-15-19-26-33(27-20-16-13-11-9-7-2)42-34(40)28-21-17-14-18-23-29-37-31-32(39)25-22-24-30-38-35(41)43-36(3,4)5/h32-33,37,39H,6-31H2,1-5H3,(H,38,41). The van der Waals surface area contributed by atoms with E-state index in [4.69, 9.17) is 9.47 Å². The van der Waals surface area contributed by atoms with Gasteiger partial charge in [-0.2, -0.15) is 0 Å². The summed E-state index contributed by atoms with van der Waals surface area (Å²) < 4.78 is 11.2. The number of alkyl carbamates (subject to hydrolysis) is 1. The Kier molecular flexibility index (Phi) is 28.5. The molecule has 0 saturated heterocycles. The predicted octanol–water partition coefficient (Wildman–Crippen LogP) is 9.39. The number of aliphatic hydroxyl groups is 1. The number of ether oxygens (including phenoxy) is 2. The van der Waals surface area contributed by atoms with Crippen LogP contribution in [0.1, 0.15) is 182 Å². The van der Waals surface area contributed by atoms with Gasteiger partial charge in [0.25, 0.3) is 0 Å². The van der Waals surface area contributed by atoms with E-state index in [2.05, 4.69) is 24.5 Å². The van der Waals surface area contributed by atoms with Crippen LogP contribution in [0.25, 0.3) is 0 Å². The van der Waals surface area contributed by atoms with Crippen molar-refractivity contribution in [2.75, 3.05) is 19.6 Å². The zero-order valence-corrected chi connectivity index (χ0v) is 29.1. The maximum Gasteiger partial charge on any atom is 0.407 e. The maximum absolute atomic E-state index is 12.6. The number of unbranched alkanes of at least 4 members (excludes halogenated alkanes) is 15. The Morgan fingerprint density at radius 3 is 1.72 bits per heavy atom. The number of esters is 1. The van der Waals surface area contributed by atoms with Crippen LogP contribution in [-0.4, -0.2) is 54.6 Å². The molecule has 0 spiro atoms. The highest BCUT2D eigenvalue weighted by Gasteiger charge is 2.16. The summed E-state index contributed by atoms with van der Waals surface area (Å²) in [5.74, 6) is -0.00163. The van der Waals surface area contributed by atoms with Crippen LogP contribution in [0.4, 0.5) is 4.79 Å². The van der Waals surface area contributed by atoms with Crippen molar-refractivity contribution in [1.29, 1.82) is 0 Å². The number of aliphatic hydroxyl groups excluding tert-OH is 1. The lowest BCUT2D eigenvalue weighted by atomic mass is 10.0. The summed E-state index contributed by atoms with van der Waals surface area (Å²) in [5, 5.41) is 16.3. The van der Waals surface area contributed by atoms with Crippen LogP contribution >= 0.6 is 0 Å². The van der Waals surface area contributed by atoms with Gasteiger partial charge >= 0.3 is 12.1 Å².